The second kappa shape index (κ2) is 6.08. The van der Waals surface area contributed by atoms with Crippen molar-refractivity contribution in [3.8, 4) is 0 Å². The molecule has 0 spiro atoms. The lowest BCUT2D eigenvalue weighted by molar-refractivity contribution is 0.234. The lowest BCUT2D eigenvalue weighted by Crippen LogP contribution is -2.35. The van der Waals surface area contributed by atoms with Gasteiger partial charge in [-0.25, -0.2) is 0 Å². The molecule has 0 aromatic heterocycles. The van der Waals surface area contributed by atoms with Gasteiger partial charge < -0.3 is 14.7 Å². The first-order chi connectivity index (χ1) is 7.13. The smallest absolute Gasteiger partial charge is 0.312 e. The van der Waals surface area contributed by atoms with Crippen molar-refractivity contribution >= 4 is 6.41 Å². The van der Waals surface area contributed by atoms with Crippen LogP contribution in [-0.4, -0.2) is 74.5 Å². The third-order valence-corrected chi connectivity index (χ3v) is 3.03. The van der Waals surface area contributed by atoms with Crippen LogP contribution in [0.15, 0.2) is 0 Å². The summed E-state index contributed by atoms with van der Waals surface area (Å²) >= 11 is 0. The van der Waals surface area contributed by atoms with Crippen LogP contribution in [0.1, 0.15) is 12.8 Å². The number of nitrogens with zero attached hydrogens (tertiary/aromatic N) is 3. The summed E-state index contributed by atoms with van der Waals surface area (Å²) in [6.07, 6.45) is 4.25. The number of rotatable bonds is 6. The molecule has 1 aliphatic heterocycles. The third kappa shape index (κ3) is 4.18. The van der Waals surface area contributed by atoms with Crippen molar-refractivity contribution in [2.45, 2.75) is 18.9 Å². The fraction of sp³-hybridized carbons (Fsp3) is 0.909. The van der Waals surface area contributed by atoms with Crippen LogP contribution in [0.5, 0.6) is 0 Å². The zero-order valence-electron chi connectivity index (χ0n) is 10.1. The fourth-order valence-corrected chi connectivity index (χ4v) is 2.00. The Morgan fingerprint density at radius 3 is 2.60 bits per heavy atom. The molecule has 0 aromatic rings. The molecule has 1 amide bonds. The normalized spacial score (nSPS) is 21.7. The minimum Gasteiger partial charge on any atom is -0.333 e. The summed E-state index contributed by atoms with van der Waals surface area (Å²) < 4.78 is 0. The number of likely N-dealkylation sites (N-methyl/N-ethyl adjacent to an activating group) is 1. The van der Waals surface area contributed by atoms with E-state index in [1.165, 1.54) is 6.42 Å². The molecule has 15 heavy (non-hydrogen) atoms. The maximum absolute atomic E-state index is 10.5. The van der Waals surface area contributed by atoms with Gasteiger partial charge in [-0.15, -0.1) is 0 Å². The summed E-state index contributed by atoms with van der Waals surface area (Å²) in [5.74, 6) is 0. The molecule has 0 aliphatic carbocycles. The molecule has 1 saturated heterocycles. The molecular weight excluding hydrogens is 190 g/mol. The zero-order chi connectivity index (χ0) is 11.3. The minimum atomic E-state index is 0.536. The highest BCUT2D eigenvalue weighted by Gasteiger charge is 2.24. The van der Waals surface area contributed by atoms with E-state index in [0.29, 0.717) is 6.04 Å². The Morgan fingerprint density at radius 1 is 1.33 bits per heavy atom. The molecule has 1 aliphatic rings. The summed E-state index contributed by atoms with van der Waals surface area (Å²) in [6, 6.07) is 0.536. The van der Waals surface area contributed by atoms with E-state index in [4.69, 9.17) is 0 Å². The number of likely N-dealkylation sites (tertiary alicyclic amines) is 1. The predicted molar refractivity (Wildman–Crippen MR) is 61.5 cm³/mol. The first-order valence-corrected chi connectivity index (χ1v) is 5.61. The lowest BCUT2D eigenvalue weighted by Gasteiger charge is -2.24. The molecule has 0 unspecified atom stereocenters. The van der Waals surface area contributed by atoms with Gasteiger partial charge in [0.2, 0.25) is 0 Å². The summed E-state index contributed by atoms with van der Waals surface area (Å²) in [5.41, 5.74) is 0. The average Bonchev–Trinajstić information content (AvgIpc) is 2.65. The highest BCUT2D eigenvalue weighted by Crippen LogP contribution is 2.12. The number of amides is 1. The molecular formula is C11H22N3O. The minimum absolute atomic E-state index is 0.536. The highest BCUT2D eigenvalue weighted by molar-refractivity contribution is 5.48. The van der Waals surface area contributed by atoms with Crippen LogP contribution in [0.3, 0.4) is 0 Å². The Bertz CT molecular complexity index is 196. The molecule has 1 radical (unpaired) electrons. The van der Waals surface area contributed by atoms with Crippen molar-refractivity contribution < 1.29 is 4.79 Å². The Labute approximate surface area is 92.8 Å². The second-order valence-corrected chi connectivity index (χ2v) is 4.62. The largest absolute Gasteiger partial charge is 0.333 e. The van der Waals surface area contributed by atoms with E-state index in [-0.39, 0.29) is 0 Å². The van der Waals surface area contributed by atoms with Crippen LogP contribution in [-0.2, 0) is 4.79 Å². The average molecular weight is 212 g/mol. The molecule has 1 rings (SSSR count). The van der Waals surface area contributed by atoms with Crippen LogP contribution in [0.2, 0.25) is 0 Å². The molecule has 4 heteroatoms. The van der Waals surface area contributed by atoms with Crippen LogP contribution in [0.25, 0.3) is 0 Å². The molecule has 87 valence electrons. The van der Waals surface area contributed by atoms with Crippen LogP contribution >= 0.6 is 0 Å². The third-order valence-electron chi connectivity index (χ3n) is 3.03. The quantitative estimate of drug-likeness (QED) is 0.620. The van der Waals surface area contributed by atoms with E-state index in [0.717, 1.165) is 32.6 Å². The van der Waals surface area contributed by atoms with Gasteiger partial charge in [0, 0.05) is 19.1 Å². The Morgan fingerprint density at radius 2 is 2.07 bits per heavy atom. The Hall–Kier alpha value is -0.610. The SMILES string of the molecule is CN(C)CCCN(C)[C@H]1CCN([C]=O)C1. The second-order valence-electron chi connectivity index (χ2n) is 4.62. The van der Waals surface area contributed by atoms with E-state index in [2.05, 4.69) is 30.9 Å². The number of carbonyl (C=O) groups excluding carboxylic acids is 1. The van der Waals surface area contributed by atoms with E-state index in [9.17, 15) is 4.79 Å². The Kier molecular flexibility index (Phi) is 5.05. The van der Waals surface area contributed by atoms with Crippen molar-refractivity contribution in [1.29, 1.82) is 0 Å². The van der Waals surface area contributed by atoms with Crippen molar-refractivity contribution in [2.75, 3.05) is 47.3 Å². The summed E-state index contributed by atoms with van der Waals surface area (Å²) in [7, 11) is 6.34. The lowest BCUT2D eigenvalue weighted by atomic mass is 10.2. The zero-order valence-corrected chi connectivity index (χ0v) is 10.1. The van der Waals surface area contributed by atoms with Gasteiger partial charge in [0.05, 0.1) is 0 Å². The molecule has 0 aromatic carbocycles. The topological polar surface area (TPSA) is 26.8 Å². The van der Waals surface area contributed by atoms with Crippen molar-refractivity contribution in [3.05, 3.63) is 0 Å². The van der Waals surface area contributed by atoms with Crippen molar-refractivity contribution in [2.24, 2.45) is 0 Å². The standard InChI is InChI=1S/C11H22N3O/c1-12(2)6-4-7-13(3)11-5-8-14(9-11)10-15/h11H,4-9H2,1-3H3/t11-/m0/s1. The van der Waals surface area contributed by atoms with Crippen LogP contribution in [0.4, 0.5) is 0 Å². The van der Waals surface area contributed by atoms with E-state index in [1.807, 2.05) is 6.41 Å². The van der Waals surface area contributed by atoms with Gasteiger partial charge >= 0.3 is 6.41 Å². The van der Waals surface area contributed by atoms with Crippen molar-refractivity contribution in [1.82, 2.24) is 14.7 Å². The summed E-state index contributed by atoms with van der Waals surface area (Å²) in [6.45, 7) is 3.95. The van der Waals surface area contributed by atoms with E-state index in [1.54, 1.807) is 4.90 Å². The van der Waals surface area contributed by atoms with E-state index < -0.39 is 0 Å². The molecule has 0 N–H and O–H groups in total. The molecule has 1 heterocycles. The fourth-order valence-electron chi connectivity index (χ4n) is 2.00. The van der Waals surface area contributed by atoms with Gasteiger partial charge in [0.15, 0.2) is 0 Å². The maximum atomic E-state index is 10.5. The summed E-state index contributed by atoms with van der Waals surface area (Å²) in [5, 5.41) is 0. The monoisotopic (exact) mass is 212 g/mol. The summed E-state index contributed by atoms with van der Waals surface area (Å²) in [4.78, 5) is 16.8. The molecule has 0 saturated carbocycles. The van der Waals surface area contributed by atoms with Crippen LogP contribution < -0.4 is 0 Å². The van der Waals surface area contributed by atoms with Gasteiger partial charge in [-0.1, -0.05) is 0 Å². The van der Waals surface area contributed by atoms with Gasteiger partial charge in [0.1, 0.15) is 0 Å². The molecule has 4 nitrogen and oxygen atoms in total. The highest BCUT2D eigenvalue weighted by atomic mass is 16.1. The van der Waals surface area contributed by atoms with Gasteiger partial charge in [-0.05, 0) is 47.1 Å². The number of hydrogen-bond donors (Lipinski definition) is 0. The van der Waals surface area contributed by atoms with Gasteiger partial charge in [-0.2, -0.15) is 0 Å². The maximum Gasteiger partial charge on any atom is 0.312 e. The molecule has 0 bridgehead atoms. The number of hydrogen-bond acceptors (Lipinski definition) is 3. The predicted octanol–water partition coefficient (Wildman–Crippen LogP) is 0.0114. The first kappa shape index (κ1) is 12.5. The van der Waals surface area contributed by atoms with Gasteiger partial charge in [-0.3, -0.25) is 4.79 Å². The van der Waals surface area contributed by atoms with Gasteiger partial charge in [0.25, 0.3) is 0 Å². The van der Waals surface area contributed by atoms with Crippen molar-refractivity contribution in [3.63, 3.8) is 0 Å². The van der Waals surface area contributed by atoms with Crippen LogP contribution in [0, 0.1) is 0 Å². The molecule has 1 fully saturated rings. The van der Waals surface area contributed by atoms with E-state index >= 15 is 0 Å². The first-order valence-electron chi connectivity index (χ1n) is 5.61. The Balaban J connectivity index is 2.17. The molecule has 1 atom stereocenters.